The highest BCUT2D eigenvalue weighted by molar-refractivity contribution is 5.31. The summed E-state index contributed by atoms with van der Waals surface area (Å²) in [7, 11) is 0. The van der Waals surface area contributed by atoms with E-state index in [0.717, 1.165) is 13.1 Å². The van der Waals surface area contributed by atoms with Crippen molar-refractivity contribution in [3.63, 3.8) is 0 Å². The molecule has 0 heterocycles. The molecule has 1 aliphatic carbocycles. The molecule has 0 fully saturated rings. The van der Waals surface area contributed by atoms with E-state index in [0.29, 0.717) is 6.04 Å². The van der Waals surface area contributed by atoms with Crippen molar-refractivity contribution >= 4 is 0 Å². The smallest absolute Gasteiger partial charge is 0.0323 e. The van der Waals surface area contributed by atoms with Gasteiger partial charge in [0.2, 0.25) is 0 Å². The van der Waals surface area contributed by atoms with Gasteiger partial charge < -0.3 is 11.1 Å². The standard InChI is InChI=1S/C13H20N2/c14-9-10-15-13-8-4-2-6-11-5-1-3-7-12(11)13/h1,3,5,7,13,15H,2,4,6,8-10,14H2. The Morgan fingerprint density at radius 3 is 3.00 bits per heavy atom. The minimum atomic E-state index is 0.521. The van der Waals surface area contributed by atoms with E-state index in [1.165, 1.54) is 36.8 Å². The van der Waals surface area contributed by atoms with Gasteiger partial charge in [0, 0.05) is 19.1 Å². The highest BCUT2D eigenvalue weighted by atomic mass is 14.9. The van der Waals surface area contributed by atoms with Crippen LogP contribution in [0.15, 0.2) is 24.3 Å². The maximum Gasteiger partial charge on any atom is 0.0323 e. The van der Waals surface area contributed by atoms with Crippen molar-refractivity contribution in [2.24, 2.45) is 5.73 Å². The van der Waals surface area contributed by atoms with Crippen LogP contribution in [0.2, 0.25) is 0 Å². The first kappa shape index (κ1) is 10.7. The minimum Gasteiger partial charge on any atom is -0.329 e. The zero-order valence-electron chi connectivity index (χ0n) is 9.21. The van der Waals surface area contributed by atoms with E-state index in [2.05, 4.69) is 29.6 Å². The summed E-state index contributed by atoms with van der Waals surface area (Å²) in [6.07, 6.45) is 5.11. The SMILES string of the molecule is NCCNC1CCCCc2ccccc21. The molecule has 0 bridgehead atoms. The third kappa shape index (κ3) is 2.58. The summed E-state index contributed by atoms with van der Waals surface area (Å²) in [6, 6.07) is 9.32. The summed E-state index contributed by atoms with van der Waals surface area (Å²) in [5, 5.41) is 3.54. The Bertz CT molecular complexity index is 309. The van der Waals surface area contributed by atoms with Crippen LogP contribution >= 0.6 is 0 Å². The molecule has 0 saturated carbocycles. The van der Waals surface area contributed by atoms with Crippen molar-refractivity contribution in [3.05, 3.63) is 35.4 Å². The molecular formula is C13H20N2. The maximum atomic E-state index is 5.54. The van der Waals surface area contributed by atoms with Crippen LogP contribution < -0.4 is 11.1 Å². The van der Waals surface area contributed by atoms with Gasteiger partial charge in [-0.1, -0.05) is 30.7 Å². The van der Waals surface area contributed by atoms with Gasteiger partial charge in [0.1, 0.15) is 0 Å². The maximum absolute atomic E-state index is 5.54. The molecule has 0 saturated heterocycles. The predicted molar refractivity (Wildman–Crippen MR) is 63.8 cm³/mol. The molecule has 0 radical (unpaired) electrons. The molecule has 1 aromatic carbocycles. The molecule has 15 heavy (non-hydrogen) atoms. The van der Waals surface area contributed by atoms with E-state index >= 15 is 0 Å². The Morgan fingerprint density at radius 2 is 2.13 bits per heavy atom. The van der Waals surface area contributed by atoms with Gasteiger partial charge in [-0.2, -0.15) is 0 Å². The first-order valence-corrected chi connectivity index (χ1v) is 5.93. The van der Waals surface area contributed by atoms with Gasteiger partial charge >= 0.3 is 0 Å². The van der Waals surface area contributed by atoms with Crippen LogP contribution in [-0.4, -0.2) is 13.1 Å². The first-order valence-electron chi connectivity index (χ1n) is 5.93. The summed E-state index contributed by atoms with van der Waals surface area (Å²) in [4.78, 5) is 0. The Hall–Kier alpha value is -0.860. The van der Waals surface area contributed by atoms with Gasteiger partial charge in [0.15, 0.2) is 0 Å². The normalized spacial score (nSPS) is 20.7. The lowest BCUT2D eigenvalue weighted by atomic mass is 9.99. The molecule has 3 N–H and O–H groups in total. The van der Waals surface area contributed by atoms with Crippen LogP contribution in [0.25, 0.3) is 0 Å². The number of fused-ring (bicyclic) bond motifs is 1. The summed E-state index contributed by atoms with van der Waals surface area (Å²) in [5.41, 5.74) is 8.55. The average molecular weight is 204 g/mol. The number of aryl methyl sites for hydroxylation is 1. The van der Waals surface area contributed by atoms with Crippen molar-refractivity contribution in [3.8, 4) is 0 Å². The molecule has 0 aliphatic heterocycles. The van der Waals surface area contributed by atoms with Crippen LogP contribution in [0.5, 0.6) is 0 Å². The lowest BCUT2D eigenvalue weighted by Crippen LogP contribution is -2.27. The number of hydrogen-bond donors (Lipinski definition) is 2. The average Bonchev–Trinajstić information content (AvgIpc) is 2.49. The predicted octanol–water partition coefficient (Wildman–Crippen LogP) is 2.00. The summed E-state index contributed by atoms with van der Waals surface area (Å²) in [6.45, 7) is 1.64. The largest absolute Gasteiger partial charge is 0.329 e. The fourth-order valence-corrected chi connectivity index (χ4v) is 2.39. The molecule has 2 rings (SSSR count). The molecule has 1 aromatic rings. The molecule has 1 aliphatic rings. The summed E-state index contributed by atoms with van der Waals surface area (Å²) in [5.74, 6) is 0. The quantitative estimate of drug-likeness (QED) is 0.739. The van der Waals surface area contributed by atoms with Crippen molar-refractivity contribution in [1.82, 2.24) is 5.32 Å². The molecule has 0 aromatic heterocycles. The molecule has 1 unspecified atom stereocenters. The Labute approximate surface area is 91.9 Å². The van der Waals surface area contributed by atoms with Crippen LogP contribution in [0.1, 0.15) is 36.4 Å². The molecule has 2 heteroatoms. The lowest BCUT2D eigenvalue weighted by molar-refractivity contribution is 0.496. The zero-order chi connectivity index (χ0) is 10.5. The van der Waals surface area contributed by atoms with Gasteiger partial charge in [0.05, 0.1) is 0 Å². The molecule has 1 atom stereocenters. The van der Waals surface area contributed by atoms with Crippen molar-refractivity contribution in [2.75, 3.05) is 13.1 Å². The third-order valence-corrected chi connectivity index (χ3v) is 3.15. The molecule has 0 spiro atoms. The number of rotatable bonds is 3. The van der Waals surface area contributed by atoms with Crippen LogP contribution in [0.4, 0.5) is 0 Å². The second kappa shape index (κ2) is 5.29. The summed E-state index contributed by atoms with van der Waals surface area (Å²) >= 11 is 0. The van der Waals surface area contributed by atoms with Crippen LogP contribution in [-0.2, 0) is 6.42 Å². The Kier molecular flexibility index (Phi) is 3.75. The second-order valence-corrected chi connectivity index (χ2v) is 4.24. The van der Waals surface area contributed by atoms with Gasteiger partial charge in [-0.15, -0.1) is 0 Å². The monoisotopic (exact) mass is 204 g/mol. The highest BCUT2D eigenvalue weighted by Gasteiger charge is 2.16. The zero-order valence-corrected chi connectivity index (χ0v) is 9.21. The second-order valence-electron chi connectivity index (χ2n) is 4.24. The van der Waals surface area contributed by atoms with Crippen molar-refractivity contribution in [1.29, 1.82) is 0 Å². The lowest BCUT2D eigenvalue weighted by Gasteiger charge is -2.18. The summed E-state index contributed by atoms with van der Waals surface area (Å²) < 4.78 is 0. The van der Waals surface area contributed by atoms with Gasteiger partial charge in [0.25, 0.3) is 0 Å². The van der Waals surface area contributed by atoms with E-state index < -0.39 is 0 Å². The molecule has 82 valence electrons. The van der Waals surface area contributed by atoms with Gasteiger partial charge in [-0.25, -0.2) is 0 Å². The number of nitrogens with one attached hydrogen (secondary N) is 1. The van der Waals surface area contributed by atoms with E-state index in [1.54, 1.807) is 0 Å². The number of nitrogens with two attached hydrogens (primary N) is 1. The topological polar surface area (TPSA) is 38.0 Å². The first-order chi connectivity index (χ1) is 7.42. The minimum absolute atomic E-state index is 0.521. The molecule has 2 nitrogen and oxygen atoms in total. The highest BCUT2D eigenvalue weighted by Crippen LogP contribution is 2.28. The van der Waals surface area contributed by atoms with Crippen molar-refractivity contribution in [2.45, 2.75) is 31.7 Å². The fourth-order valence-electron chi connectivity index (χ4n) is 2.39. The molecular weight excluding hydrogens is 184 g/mol. The van der Waals surface area contributed by atoms with E-state index in [9.17, 15) is 0 Å². The number of hydrogen-bond acceptors (Lipinski definition) is 2. The fraction of sp³-hybridized carbons (Fsp3) is 0.538. The van der Waals surface area contributed by atoms with Gasteiger partial charge in [-0.3, -0.25) is 0 Å². The van der Waals surface area contributed by atoms with E-state index in [4.69, 9.17) is 5.73 Å². The number of benzene rings is 1. The van der Waals surface area contributed by atoms with Crippen molar-refractivity contribution < 1.29 is 0 Å². The van der Waals surface area contributed by atoms with E-state index in [-0.39, 0.29) is 0 Å². The third-order valence-electron chi connectivity index (χ3n) is 3.15. The Balaban J connectivity index is 2.17. The Morgan fingerprint density at radius 1 is 1.27 bits per heavy atom. The van der Waals surface area contributed by atoms with Crippen LogP contribution in [0.3, 0.4) is 0 Å². The van der Waals surface area contributed by atoms with E-state index in [1.807, 2.05) is 0 Å². The molecule has 0 amide bonds. The van der Waals surface area contributed by atoms with Crippen LogP contribution in [0, 0.1) is 0 Å². The van der Waals surface area contributed by atoms with Gasteiger partial charge in [-0.05, 0) is 30.4 Å².